The number of nitrogens with one attached hydrogen (secondary N) is 1. The van der Waals surface area contributed by atoms with Crippen molar-refractivity contribution in [3.63, 3.8) is 0 Å². The Morgan fingerprint density at radius 1 is 1.47 bits per heavy atom. The number of sulfonamides is 1. The number of carboxylic acid groups (broad SMARTS) is 1. The number of carbonyl (C=O) groups is 1. The second-order valence-corrected chi connectivity index (χ2v) is 6.59. The number of benzene rings is 1. The van der Waals surface area contributed by atoms with Crippen LogP contribution >= 0.6 is 27.5 Å². The summed E-state index contributed by atoms with van der Waals surface area (Å²) in [6.07, 6.45) is -0.0630. The van der Waals surface area contributed by atoms with Gasteiger partial charge in [-0.15, -0.1) is 0 Å². The molecule has 0 bridgehead atoms. The molecule has 0 aliphatic rings. The van der Waals surface area contributed by atoms with Gasteiger partial charge in [0.2, 0.25) is 10.0 Å². The van der Waals surface area contributed by atoms with Crippen molar-refractivity contribution >= 4 is 43.5 Å². The zero-order valence-electron chi connectivity index (χ0n) is 9.49. The first-order valence-electron chi connectivity index (χ1n) is 5.10. The highest BCUT2D eigenvalue weighted by molar-refractivity contribution is 9.10. The smallest absolute Gasteiger partial charge is 0.303 e. The van der Waals surface area contributed by atoms with Crippen LogP contribution in [0.3, 0.4) is 0 Å². The van der Waals surface area contributed by atoms with Crippen LogP contribution < -0.4 is 4.72 Å². The van der Waals surface area contributed by atoms with Crippen LogP contribution in [0, 0.1) is 5.82 Å². The van der Waals surface area contributed by atoms with E-state index in [0.717, 1.165) is 12.1 Å². The zero-order chi connectivity index (χ0) is 14.6. The van der Waals surface area contributed by atoms with E-state index in [1.54, 1.807) is 0 Å². The van der Waals surface area contributed by atoms with E-state index in [4.69, 9.17) is 16.7 Å². The number of aliphatic carboxylic acids is 1. The molecule has 2 N–H and O–H groups in total. The van der Waals surface area contributed by atoms with Gasteiger partial charge in [0.1, 0.15) is 10.7 Å². The fraction of sp³-hybridized carbons (Fsp3) is 0.300. The number of hydrogen-bond acceptors (Lipinski definition) is 3. The Labute approximate surface area is 122 Å². The minimum atomic E-state index is -4.05. The van der Waals surface area contributed by atoms with E-state index in [1.165, 1.54) is 0 Å². The van der Waals surface area contributed by atoms with Crippen LogP contribution in [0.5, 0.6) is 0 Å². The van der Waals surface area contributed by atoms with Gasteiger partial charge < -0.3 is 5.11 Å². The van der Waals surface area contributed by atoms with E-state index >= 15 is 0 Å². The molecule has 1 aromatic rings. The minimum Gasteiger partial charge on any atom is -0.481 e. The Morgan fingerprint density at radius 3 is 2.68 bits per heavy atom. The molecule has 19 heavy (non-hydrogen) atoms. The van der Waals surface area contributed by atoms with Gasteiger partial charge in [-0.05, 0) is 34.5 Å². The van der Waals surface area contributed by atoms with E-state index in [2.05, 4.69) is 20.7 Å². The molecule has 0 saturated carbocycles. The molecule has 0 heterocycles. The summed E-state index contributed by atoms with van der Waals surface area (Å²) >= 11 is 8.69. The van der Waals surface area contributed by atoms with Crippen molar-refractivity contribution in [1.29, 1.82) is 0 Å². The topological polar surface area (TPSA) is 83.5 Å². The maximum absolute atomic E-state index is 13.6. The second kappa shape index (κ2) is 6.65. The van der Waals surface area contributed by atoms with Crippen LogP contribution in [0.2, 0.25) is 5.02 Å². The first-order chi connectivity index (χ1) is 8.74. The Balaban J connectivity index is 2.83. The lowest BCUT2D eigenvalue weighted by Gasteiger charge is -2.08. The molecule has 0 aliphatic heterocycles. The molecule has 0 unspecified atom stereocenters. The number of rotatable bonds is 6. The van der Waals surface area contributed by atoms with E-state index in [1.807, 2.05) is 0 Å². The van der Waals surface area contributed by atoms with Crippen LogP contribution in [0.25, 0.3) is 0 Å². The predicted molar refractivity (Wildman–Crippen MR) is 71.2 cm³/mol. The number of halogens is 3. The average molecular weight is 375 g/mol. The molecule has 0 atom stereocenters. The standard InChI is InChI=1S/C10H10BrClFNO4S/c11-6-4-8(13)9(5-7(6)12)19(17,18)14-3-1-2-10(15)16/h4-5,14H,1-3H2,(H,15,16). The zero-order valence-corrected chi connectivity index (χ0v) is 12.6. The van der Waals surface area contributed by atoms with Crippen LogP contribution in [0.15, 0.2) is 21.5 Å². The molecule has 1 rings (SSSR count). The lowest BCUT2D eigenvalue weighted by atomic mass is 10.3. The maximum Gasteiger partial charge on any atom is 0.303 e. The van der Waals surface area contributed by atoms with Crippen molar-refractivity contribution in [3.05, 3.63) is 27.4 Å². The van der Waals surface area contributed by atoms with Crippen LogP contribution in [0.4, 0.5) is 4.39 Å². The Kier molecular flexibility index (Phi) is 5.72. The van der Waals surface area contributed by atoms with Gasteiger partial charge in [-0.25, -0.2) is 17.5 Å². The highest BCUT2D eigenvalue weighted by Gasteiger charge is 2.20. The van der Waals surface area contributed by atoms with Crippen LogP contribution in [-0.4, -0.2) is 26.0 Å². The molecular weight excluding hydrogens is 365 g/mol. The summed E-state index contributed by atoms with van der Waals surface area (Å²) in [5.74, 6) is -1.97. The van der Waals surface area contributed by atoms with Crippen molar-refractivity contribution in [2.45, 2.75) is 17.7 Å². The summed E-state index contributed by atoms with van der Waals surface area (Å²) in [6.45, 7) is -0.0955. The lowest BCUT2D eigenvalue weighted by molar-refractivity contribution is -0.137. The molecule has 0 fully saturated rings. The summed E-state index contributed by atoms with van der Waals surface area (Å²) in [5, 5.41) is 8.47. The molecule has 0 radical (unpaired) electrons. The minimum absolute atomic E-state index is 0.0623. The largest absolute Gasteiger partial charge is 0.481 e. The molecule has 9 heteroatoms. The van der Waals surface area contributed by atoms with Crippen LogP contribution in [0.1, 0.15) is 12.8 Å². The summed E-state index contributed by atoms with van der Waals surface area (Å²) in [4.78, 5) is 9.70. The monoisotopic (exact) mass is 373 g/mol. The van der Waals surface area contributed by atoms with E-state index in [0.29, 0.717) is 0 Å². The van der Waals surface area contributed by atoms with Gasteiger partial charge in [-0.1, -0.05) is 11.6 Å². The van der Waals surface area contributed by atoms with E-state index < -0.39 is 26.7 Å². The maximum atomic E-state index is 13.6. The van der Waals surface area contributed by atoms with Crippen molar-refractivity contribution in [1.82, 2.24) is 4.72 Å². The quantitative estimate of drug-likeness (QED) is 0.591. The van der Waals surface area contributed by atoms with Gasteiger partial charge in [0.05, 0.1) is 5.02 Å². The Bertz CT molecular complexity index is 593. The third-order valence-corrected chi connectivity index (χ3v) is 4.80. The van der Waals surface area contributed by atoms with E-state index in [9.17, 15) is 17.6 Å². The SMILES string of the molecule is O=C(O)CCCNS(=O)(=O)c1cc(Cl)c(Br)cc1F. The lowest BCUT2D eigenvalue weighted by Crippen LogP contribution is -2.26. The molecule has 0 saturated heterocycles. The van der Waals surface area contributed by atoms with Crippen molar-refractivity contribution < 1.29 is 22.7 Å². The van der Waals surface area contributed by atoms with E-state index in [-0.39, 0.29) is 28.9 Å². The molecule has 0 aliphatic carbocycles. The average Bonchev–Trinajstić information content (AvgIpc) is 2.29. The van der Waals surface area contributed by atoms with Gasteiger partial charge in [0, 0.05) is 17.4 Å². The van der Waals surface area contributed by atoms with Gasteiger partial charge in [0.15, 0.2) is 0 Å². The first-order valence-corrected chi connectivity index (χ1v) is 7.75. The normalized spacial score (nSPS) is 11.5. The predicted octanol–water partition coefficient (Wildman–Crippen LogP) is 2.38. The molecule has 0 spiro atoms. The number of carboxylic acids is 1. The molecule has 0 aromatic heterocycles. The fourth-order valence-corrected chi connectivity index (χ4v) is 2.94. The van der Waals surface area contributed by atoms with Crippen molar-refractivity contribution in [2.75, 3.05) is 6.54 Å². The fourth-order valence-electron chi connectivity index (χ4n) is 1.23. The van der Waals surface area contributed by atoms with Crippen molar-refractivity contribution in [3.8, 4) is 0 Å². The van der Waals surface area contributed by atoms with Gasteiger partial charge in [-0.2, -0.15) is 0 Å². The molecule has 1 aromatic carbocycles. The Morgan fingerprint density at radius 2 is 2.11 bits per heavy atom. The number of hydrogen-bond donors (Lipinski definition) is 2. The highest BCUT2D eigenvalue weighted by Crippen LogP contribution is 2.27. The molecule has 0 amide bonds. The van der Waals surface area contributed by atoms with Gasteiger partial charge in [0.25, 0.3) is 0 Å². The van der Waals surface area contributed by atoms with Gasteiger partial charge >= 0.3 is 5.97 Å². The summed E-state index contributed by atoms with van der Waals surface area (Å²) in [6, 6.07) is 1.94. The summed E-state index contributed by atoms with van der Waals surface area (Å²) < 4.78 is 39.5. The summed E-state index contributed by atoms with van der Waals surface area (Å²) in [5.41, 5.74) is 0. The second-order valence-electron chi connectivity index (χ2n) is 3.59. The molecule has 5 nitrogen and oxygen atoms in total. The molecular formula is C10H10BrClFNO4S. The Hall–Kier alpha value is -0.700. The van der Waals surface area contributed by atoms with Crippen LogP contribution in [-0.2, 0) is 14.8 Å². The van der Waals surface area contributed by atoms with Crippen molar-refractivity contribution in [2.24, 2.45) is 0 Å². The van der Waals surface area contributed by atoms with Gasteiger partial charge in [-0.3, -0.25) is 4.79 Å². The third-order valence-electron chi connectivity index (χ3n) is 2.12. The third kappa shape index (κ3) is 4.72. The highest BCUT2D eigenvalue weighted by atomic mass is 79.9. The first kappa shape index (κ1) is 16.4. The summed E-state index contributed by atoms with van der Waals surface area (Å²) in [7, 11) is -4.05. The molecule has 106 valence electrons.